The largest absolute Gasteiger partial charge is 0.481 e. The summed E-state index contributed by atoms with van der Waals surface area (Å²) in [4.78, 5) is 10.3. The van der Waals surface area contributed by atoms with Crippen LogP contribution in [0.15, 0.2) is 23.3 Å². The van der Waals surface area contributed by atoms with E-state index in [0.29, 0.717) is 12.8 Å². The second kappa shape index (κ2) is 8.53. The van der Waals surface area contributed by atoms with Crippen molar-refractivity contribution < 1.29 is 15.0 Å². The molecule has 1 atom stereocenters. The first-order valence-corrected chi connectivity index (χ1v) is 6.36. The Morgan fingerprint density at radius 1 is 1.38 bits per heavy atom. The molecule has 0 aliphatic rings. The van der Waals surface area contributed by atoms with Gasteiger partial charge in [0.15, 0.2) is 0 Å². The first-order chi connectivity index (χ1) is 7.45. The molecule has 0 saturated heterocycles. The average molecular weight is 291 g/mol. The maximum Gasteiger partial charge on any atom is 0.303 e. The van der Waals surface area contributed by atoms with Gasteiger partial charge in [0.25, 0.3) is 0 Å². The summed E-state index contributed by atoms with van der Waals surface area (Å²) >= 11 is 3.31. The first-order valence-electron chi connectivity index (χ1n) is 5.24. The number of allylic oxidation sites excluding steroid dienone is 2. The number of carboxylic acids is 1. The quantitative estimate of drug-likeness (QED) is 0.560. The summed E-state index contributed by atoms with van der Waals surface area (Å²) in [5.41, 5.74) is 2.11. The Morgan fingerprint density at radius 3 is 2.50 bits per heavy atom. The van der Waals surface area contributed by atoms with Crippen LogP contribution in [0.3, 0.4) is 0 Å². The zero-order valence-corrected chi connectivity index (χ0v) is 11.3. The molecule has 3 nitrogen and oxygen atoms in total. The van der Waals surface area contributed by atoms with E-state index in [0.717, 1.165) is 16.5 Å². The summed E-state index contributed by atoms with van der Waals surface area (Å²) in [6.07, 6.45) is 4.42. The molecule has 0 aliphatic heterocycles. The lowest BCUT2D eigenvalue weighted by atomic mass is 10.1. The lowest BCUT2D eigenvalue weighted by Crippen LogP contribution is -2.04. The summed E-state index contributed by atoms with van der Waals surface area (Å²) in [5, 5.41) is 18.9. The van der Waals surface area contributed by atoms with Crippen molar-refractivity contribution in [2.45, 2.75) is 39.2 Å². The van der Waals surface area contributed by atoms with Crippen molar-refractivity contribution in [1.82, 2.24) is 0 Å². The molecule has 0 radical (unpaired) electrons. The van der Waals surface area contributed by atoms with Crippen LogP contribution in [0.5, 0.6) is 0 Å². The highest BCUT2D eigenvalue weighted by Crippen LogP contribution is 2.10. The van der Waals surface area contributed by atoms with Gasteiger partial charge in [-0.25, -0.2) is 0 Å². The zero-order chi connectivity index (χ0) is 12.6. The van der Waals surface area contributed by atoms with Crippen LogP contribution in [0.2, 0.25) is 0 Å². The molecule has 4 heteroatoms. The fourth-order valence-corrected chi connectivity index (χ4v) is 1.47. The predicted octanol–water partition coefficient (Wildman–Crippen LogP) is 2.89. The monoisotopic (exact) mass is 290 g/mol. The molecule has 2 N–H and O–H groups in total. The Hall–Kier alpha value is -0.610. The van der Waals surface area contributed by atoms with E-state index in [1.54, 1.807) is 0 Å². The molecule has 92 valence electrons. The van der Waals surface area contributed by atoms with E-state index in [2.05, 4.69) is 15.9 Å². The molecule has 0 heterocycles. The topological polar surface area (TPSA) is 57.5 Å². The lowest BCUT2D eigenvalue weighted by molar-refractivity contribution is -0.136. The van der Waals surface area contributed by atoms with Crippen LogP contribution < -0.4 is 0 Å². The number of carbonyl (C=O) groups is 1. The predicted molar refractivity (Wildman–Crippen MR) is 68.8 cm³/mol. The van der Waals surface area contributed by atoms with E-state index in [9.17, 15) is 9.90 Å². The van der Waals surface area contributed by atoms with Gasteiger partial charge < -0.3 is 10.2 Å². The van der Waals surface area contributed by atoms with Crippen LogP contribution in [-0.2, 0) is 4.79 Å². The van der Waals surface area contributed by atoms with Gasteiger partial charge in [-0.15, -0.1) is 0 Å². The molecule has 0 aromatic carbocycles. The third kappa shape index (κ3) is 8.68. The highest BCUT2D eigenvalue weighted by molar-refractivity contribution is 9.09. The van der Waals surface area contributed by atoms with Gasteiger partial charge in [0.2, 0.25) is 0 Å². The van der Waals surface area contributed by atoms with Gasteiger partial charge in [-0.2, -0.15) is 0 Å². The highest BCUT2D eigenvalue weighted by atomic mass is 79.9. The Balaban J connectivity index is 4.03. The summed E-state index contributed by atoms with van der Waals surface area (Å²) in [6.45, 7) is 3.85. The summed E-state index contributed by atoms with van der Waals surface area (Å²) in [7, 11) is 0. The summed E-state index contributed by atoms with van der Waals surface area (Å²) in [6, 6.07) is 0. The van der Waals surface area contributed by atoms with Gasteiger partial charge in [-0.3, -0.25) is 4.79 Å². The van der Waals surface area contributed by atoms with E-state index in [-0.39, 0.29) is 6.42 Å². The number of hydrogen-bond acceptors (Lipinski definition) is 2. The van der Waals surface area contributed by atoms with Crippen LogP contribution in [0.25, 0.3) is 0 Å². The minimum Gasteiger partial charge on any atom is -0.481 e. The van der Waals surface area contributed by atoms with Gasteiger partial charge >= 0.3 is 5.97 Å². The van der Waals surface area contributed by atoms with Crippen molar-refractivity contribution in [3.63, 3.8) is 0 Å². The van der Waals surface area contributed by atoms with Gasteiger partial charge in [0.05, 0.1) is 6.10 Å². The van der Waals surface area contributed by atoms with Crippen LogP contribution >= 0.6 is 15.9 Å². The SMILES string of the molecule is C/C(=C\C(O)C/C(C)=C/CCC(=O)O)CBr. The third-order valence-electron chi connectivity index (χ3n) is 2.07. The molecular weight excluding hydrogens is 272 g/mol. The van der Waals surface area contributed by atoms with E-state index in [1.807, 2.05) is 26.0 Å². The zero-order valence-electron chi connectivity index (χ0n) is 9.74. The fourth-order valence-electron chi connectivity index (χ4n) is 1.29. The third-order valence-corrected chi connectivity index (χ3v) is 2.95. The smallest absolute Gasteiger partial charge is 0.303 e. The molecule has 1 unspecified atom stereocenters. The van der Waals surface area contributed by atoms with Crippen LogP contribution in [0, 0.1) is 0 Å². The minimum atomic E-state index is -0.792. The van der Waals surface area contributed by atoms with Gasteiger partial charge in [0.1, 0.15) is 0 Å². The van der Waals surface area contributed by atoms with Crippen LogP contribution in [-0.4, -0.2) is 27.6 Å². The van der Waals surface area contributed by atoms with E-state index < -0.39 is 12.1 Å². The molecule has 0 aromatic heterocycles. The summed E-state index contributed by atoms with van der Waals surface area (Å²) in [5.74, 6) is -0.792. The van der Waals surface area contributed by atoms with Gasteiger partial charge in [0, 0.05) is 11.8 Å². The van der Waals surface area contributed by atoms with E-state index >= 15 is 0 Å². The number of rotatable bonds is 7. The lowest BCUT2D eigenvalue weighted by Gasteiger charge is -2.07. The second-order valence-corrected chi connectivity index (χ2v) is 4.46. The van der Waals surface area contributed by atoms with Crippen LogP contribution in [0.1, 0.15) is 33.1 Å². The average Bonchev–Trinajstić information content (AvgIpc) is 2.16. The number of aliphatic hydroxyl groups excluding tert-OH is 1. The molecule has 0 fully saturated rings. The number of carboxylic acid groups (broad SMARTS) is 1. The molecular formula is C12H19BrO3. The number of halogens is 1. The summed E-state index contributed by atoms with van der Waals surface area (Å²) < 4.78 is 0. The van der Waals surface area contributed by atoms with Crippen molar-refractivity contribution >= 4 is 21.9 Å². The molecule has 0 aromatic rings. The second-order valence-electron chi connectivity index (χ2n) is 3.90. The normalized spacial score (nSPS) is 15.0. The van der Waals surface area contributed by atoms with Crippen molar-refractivity contribution in [2.24, 2.45) is 0 Å². The van der Waals surface area contributed by atoms with Gasteiger partial charge in [-0.05, 0) is 26.7 Å². The first kappa shape index (κ1) is 15.4. The van der Waals surface area contributed by atoms with Gasteiger partial charge in [-0.1, -0.05) is 39.2 Å². The van der Waals surface area contributed by atoms with Crippen molar-refractivity contribution in [3.8, 4) is 0 Å². The Morgan fingerprint density at radius 2 is 2.00 bits per heavy atom. The standard InChI is InChI=1S/C12H19BrO3/c1-9(4-3-5-12(15)16)6-11(14)7-10(2)8-13/h4,7,11,14H,3,5-6,8H2,1-2H3,(H,15,16)/b9-4+,10-7+. The number of alkyl halides is 1. The molecule has 0 bridgehead atoms. The van der Waals surface area contributed by atoms with Crippen molar-refractivity contribution in [3.05, 3.63) is 23.3 Å². The van der Waals surface area contributed by atoms with E-state index in [4.69, 9.17) is 5.11 Å². The Labute approximate surface area is 105 Å². The van der Waals surface area contributed by atoms with E-state index in [1.165, 1.54) is 0 Å². The number of hydrogen-bond donors (Lipinski definition) is 2. The number of aliphatic hydroxyl groups is 1. The highest BCUT2D eigenvalue weighted by Gasteiger charge is 2.02. The van der Waals surface area contributed by atoms with Crippen molar-refractivity contribution in [1.29, 1.82) is 0 Å². The molecule has 0 aliphatic carbocycles. The molecule has 0 saturated carbocycles. The number of aliphatic carboxylic acids is 1. The Kier molecular flexibility index (Phi) is 8.21. The van der Waals surface area contributed by atoms with Crippen LogP contribution in [0.4, 0.5) is 0 Å². The maximum atomic E-state index is 10.3. The molecule has 0 spiro atoms. The molecule has 0 amide bonds. The fraction of sp³-hybridized carbons (Fsp3) is 0.583. The minimum absolute atomic E-state index is 0.143. The van der Waals surface area contributed by atoms with Crippen molar-refractivity contribution in [2.75, 3.05) is 5.33 Å². The molecule has 16 heavy (non-hydrogen) atoms. The molecule has 0 rings (SSSR count). The maximum absolute atomic E-state index is 10.3. The Bertz CT molecular complexity index is 282.